The highest BCUT2D eigenvalue weighted by Crippen LogP contribution is 1.89. The molecule has 0 aromatic carbocycles. The minimum Gasteiger partial charge on any atom is -0.364 e. The van der Waals surface area contributed by atoms with E-state index >= 15 is 0 Å². The van der Waals surface area contributed by atoms with E-state index in [1.807, 2.05) is 0 Å². The van der Waals surface area contributed by atoms with Crippen LogP contribution < -0.4 is 0 Å². The maximum absolute atomic E-state index is 11.1. The first-order chi connectivity index (χ1) is 2.77. The SMILES string of the molecule is [CH]=CCC(O)F. The van der Waals surface area contributed by atoms with Crippen LogP contribution in [0.4, 0.5) is 4.39 Å². The molecule has 0 aliphatic rings. The van der Waals surface area contributed by atoms with E-state index in [4.69, 9.17) is 11.7 Å². The number of rotatable bonds is 2. The summed E-state index contributed by atoms with van der Waals surface area (Å²) in [6.45, 7) is 4.70. The van der Waals surface area contributed by atoms with E-state index in [-0.39, 0.29) is 6.42 Å². The molecule has 0 saturated heterocycles. The maximum Gasteiger partial charge on any atom is 0.199 e. The predicted octanol–water partition coefficient (Wildman–Crippen LogP) is 0.654. The van der Waals surface area contributed by atoms with Crippen molar-refractivity contribution >= 4 is 0 Å². The fourth-order valence-corrected chi connectivity index (χ4v) is 0.112. The van der Waals surface area contributed by atoms with E-state index in [2.05, 4.69) is 0 Å². The highest BCUT2D eigenvalue weighted by molar-refractivity contribution is 4.61. The normalized spacial score (nSPS) is 13.7. The molecule has 0 aliphatic carbocycles. The molecule has 1 nitrogen and oxygen atoms in total. The first-order valence-corrected chi connectivity index (χ1v) is 1.63. The van der Waals surface area contributed by atoms with Gasteiger partial charge in [0.25, 0.3) is 0 Å². The van der Waals surface area contributed by atoms with Gasteiger partial charge in [0.05, 0.1) is 0 Å². The Morgan fingerprint density at radius 1 is 2.00 bits per heavy atom. The molecular weight excluding hydrogens is 83.0 g/mol. The van der Waals surface area contributed by atoms with Crippen molar-refractivity contribution in [2.45, 2.75) is 12.8 Å². The van der Waals surface area contributed by atoms with Crippen LogP contribution in [0.25, 0.3) is 0 Å². The van der Waals surface area contributed by atoms with Crippen LogP contribution >= 0.6 is 0 Å². The first-order valence-electron chi connectivity index (χ1n) is 1.63. The van der Waals surface area contributed by atoms with Gasteiger partial charge in [-0.25, -0.2) is 4.39 Å². The van der Waals surface area contributed by atoms with Gasteiger partial charge in [-0.3, -0.25) is 0 Å². The molecule has 0 rings (SSSR count). The molecule has 0 spiro atoms. The summed E-state index contributed by atoms with van der Waals surface area (Å²) in [6, 6.07) is 0. The lowest BCUT2D eigenvalue weighted by Gasteiger charge is -1.87. The Hall–Kier alpha value is -0.370. The van der Waals surface area contributed by atoms with E-state index < -0.39 is 6.36 Å². The third-order valence-electron chi connectivity index (χ3n) is 0.331. The minimum absolute atomic E-state index is 0.0833. The summed E-state index contributed by atoms with van der Waals surface area (Å²) in [6.07, 6.45) is -0.792. The smallest absolute Gasteiger partial charge is 0.199 e. The number of alkyl halides is 1. The second-order valence-corrected chi connectivity index (χ2v) is 0.906. The lowest BCUT2D eigenvalue weighted by atomic mass is 10.4. The van der Waals surface area contributed by atoms with Crippen molar-refractivity contribution in [2.75, 3.05) is 0 Å². The molecule has 0 aromatic heterocycles. The average Bonchev–Trinajstić information content (AvgIpc) is 1.35. The van der Waals surface area contributed by atoms with Crippen LogP contribution in [0.15, 0.2) is 6.08 Å². The summed E-state index contributed by atoms with van der Waals surface area (Å²) in [5.41, 5.74) is 0. The van der Waals surface area contributed by atoms with Crippen LogP contribution in [0, 0.1) is 6.58 Å². The molecule has 0 heterocycles. The summed E-state index contributed by atoms with van der Waals surface area (Å²) in [4.78, 5) is 0. The molecule has 1 atom stereocenters. The zero-order chi connectivity index (χ0) is 4.99. The van der Waals surface area contributed by atoms with Gasteiger partial charge >= 0.3 is 0 Å². The number of halogens is 1. The van der Waals surface area contributed by atoms with Crippen molar-refractivity contribution in [3.63, 3.8) is 0 Å². The van der Waals surface area contributed by atoms with Crippen molar-refractivity contribution < 1.29 is 9.50 Å². The molecule has 0 bridgehead atoms. The molecule has 0 aromatic rings. The van der Waals surface area contributed by atoms with Crippen LogP contribution in [0.2, 0.25) is 0 Å². The maximum atomic E-state index is 11.1. The fourth-order valence-electron chi connectivity index (χ4n) is 0.112. The Bertz CT molecular complexity index is 42.8. The lowest BCUT2D eigenvalue weighted by molar-refractivity contribution is 0.0454. The van der Waals surface area contributed by atoms with E-state index in [9.17, 15) is 4.39 Å². The lowest BCUT2D eigenvalue weighted by Crippen LogP contribution is -1.91. The highest BCUT2D eigenvalue weighted by atomic mass is 19.1. The van der Waals surface area contributed by atoms with Crippen molar-refractivity contribution in [3.05, 3.63) is 12.7 Å². The second-order valence-electron chi connectivity index (χ2n) is 0.906. The molecule has 0 fully saturated rings. The highest BCUT2D eigenvalue weighted by Gasteiger charge is 1.89. The molecule has 35 valence electrons. The summed E-state index contributed by atoms with van der Waals surface area (Å²) in [5, 5.41) is 7.77. The van der Waals surface area contributed by atoms with Crippen LogP contribution in [0.3, 0.4) is 0 Å². The Morgan fingerprint density at radius 3 is 2.50 bits per heavy atom. The van der Waals surface area contributed by atoms with Crippen LogP contribution in [0.5, 0.6) is 0 Å². The Balaban J connectivity index is 2.81. The van der Waals surface area contributed by atoms with Crippen LogP contribution in [-0.2, 0) is 0 Å². The topological polar surface area (TPSA) is 20.2 Å². The monoisotopic (exact) mass is 89.0 g/mol. The molecule has 1 N–H and O–H groups in total. The second kappa shape index (κ2) is 2.85. The average molecular weight is 89.1 g/mol. The molecule has 0 aliphatic heterocycles. The fraction of sp³-hybridized carbons (Fsp3) is 0.500. The van der Waals surface area contributed by atoms with Gasteiger partial charge in [0.1, 0.15) is 0 Å². The minimum atomic E-state index is -1.78. The zero-order valence-electron chi connectivity index (χ0n) is 3.26. The Kier molecular flexibility index (Phi) is 2.67. The van der Waals surface area contributed by atoms with E-state index in [0.717, 1.165) is 6.08 Å². The number of aliphatic hydroxyl groups is 1. The molecule has 1 unspecified atom stereocenters. The van der Waals surface area contributed by atoms with Crippen molar-refractivity contribution in [3.8, 4) is 0 Å². The van der Waals surface area contributed by atoms with Gasteiger partial charge < -0.3 is 5.11 Å². The van der Waals surface area contributed by atoms with Crippen molar-refractivity contribution in [1.82, 2.24) is 0 Å². The van der Waals surface area contributed by atoms with Gasteiger partial charge in [-0.15, -0.1) is 0 Å². The van der Waals surface area contributed by atoms with Gasteiger partial charge in [0, 0.05) is 6.42 Å². The molecule has 1 radical (unpaired) electrons. The molecule has 6 heavy (non-hydrogen) atoms. The van der Waals surface area contributed by atoms with Gasteiger partial charge in [0.15, 0.2) is 6.36 Å². The number of hydrogen-bond donors (Lipinski definition) is 1. The van der Waals surface area contributed by atoms with Crippen molar-refractivity contribution in [2.24, 2.45) is 0 Å². The molecular formula is C4H6FO. The summed E-state index contributed by atoms with van der Waals surface area (Å²) >= 11 is 0. The first kappa shape index (κ1) is 5.63. The zero-order valence-corrected chi connectivity index (χ0v) is 3.26. The van der Waals surface area contributed by atoms with Gasteiger partial charge in [-0.1, -0.05) is 12.7 Å². The third-order valence-corrected chi connectivity index (χ3v) is 0.331. The van der Waals surface area contributed by atoms with E-state index in [1.54, 1.807) is 0 Å². The standard InChI is InChI=1S/C4H6FO/c1-2-3-4(5)6/h1-2,4,6H,3H2. The number of aliphatic hydroxyl groups excluding tert-OH is 1. The van der Waals surface area contributed by atoms with E-state index in [1.165, 1.54) is 0 Å². The Morgan fingerprint density at radius 2 is 2.50 bits per heavy atom. The van der Waals surface area contributed by atoms with Crippen LogP contribution in [-0.4, -0.2) is 11.5 Å². The van der Waals surface area contributed by atoms with Gasteiger partial charge in [0.2, 0.25) is 0 Å². The van der Waals surface area contributed by atoms with E-state index in [0.29, 0.717) is 0 Å². The Labute approximate surface area is 36.1 Å². The predicted molar refractivity (Wildman–Crippen MR) is 20.6 cm³/mol. The number of hydrogen-bond acceptors (Lipinski definition) is 1. The third kappa shape index (κ3) is 3.63. The molecule has 0 amide bonds. The largest absolute Gasteiger partial charge is 0.364 e. The molecule has 0 saturated carbocycles. The van der Waals surface area contributed by atoms with Crippen LogP contribution in [0.1, 0.15) is 6.42 Å². The van der Waals surface area contributed by atoms with Crippen molar-refractivity contribution in [1.29, 1.82) is 0 Å². The molecule has 2 heteroatoms. The van der Waals surface area contributed by atoms with Gasteiger partial charge in [-0.2, -0.15) is 0 Å². The summed E-state index contributed by atoms with van der Waals surface area (Å²) < 4.78 is 11.1. The summed E-state index contributed by atoms with van der Waals surface area (Å²) in [5.74, 6) is 0. The summed E-state index contributed by atoms with van der Waals surface area (Å²) in [7, 11) is 0. The quantitative estimate of drug-likeness (QED) is 0.526. The van der Waals surface area contributed by atoms with Gasteiger partial charge in [-0.05, 0) is 0 Å².